The van der Waals surface area contributed by atoms with Gasteiger partial charge in [0.05, 0.1) is 17.4 Å². The van der Waals surface area contributed by atoms with Crippen LogP contribution in [0.5, 0.6) is 0 Å². The van der Waals surface area contributed by atoms with Gasteiger partial charge in [0.25, 0.3) is 0 Å². The van der Waals surface area contributed by atoms with E-state index in [0.29, 0.717) is 0 Å². The highest BCUT2D eigenvalue weighted by molar-refractivity contribution is 7.17. The van der Waals surface area contributed by atoms with Crippen molar-refractivity contribution in [2.75, 3.05) is 0 Å². The van der Waals surface area contributed by atoms with Crippen molar-refractivity contribution < 1.29 is 0 Å². The minimum Gasteiger partial charge on any atom is -0.345 e. The fourth-order valence-electron chi connectivity index (χ4n) is 2.22. The van der Waals surface area contributed by atoms with Crippen LogP contribution in [-0.4, -0.2) is 9.97 Å². The lowest BCUT2D eigenvalue weighted by Crippen LogP contribution is -1.73. The molecule has 0 aliphatic carbocycles. The van der Waals surface area contributed by atoms with Crippen LogP contribution in [0.15, 0.2) is 54.2 Å². The van der Waals surface area contributed by atoms with Gasteiger partial charge in [-0.3, -0.25) is 0 Å². The van der Waals surface area contributed by atoms with Crippen molar-refractivity contribution in [2.45, 2.75) is 55.4 Å². The molecule has 2 heterocycles. The largest absolute Gasteiger partial charge is 0.345 e. The number of hydrogen-bond donors (Lipinski definition) is 1. The van der Waals surface area contributed by atoms with Gasteiger partial charge in [0.15, 0.2) is 0 Å². The predicted molar refractivity (Wildman–Crippen MR) is 121 cm³/mol. The van der Waals surface area contributed by atoms with Crippen molar-refractivity contribution in [2.24, 2.45) is 0 Å². The SMILES string of the molecule is CC.CC.CC.Cc1cccc2[nH]cnc12.Cc1csc2ccccc12. The first kappa shape index (κ1) is 23.9. The molecule has 2 aromatic carbocycles. The van der Waals surface area contributed by atoms with Crippen LogP contribution in [0.3, 0.4) is 0 Å². The van der Waals surface area contributed by atoms with Crippen molar-refractivity contribution in [3.8, 4) is 0 Å². The minimum atomic E-state index is 1.07. The number of rotatable bonds is 0. The zero-order valence-electron chi connectivity index (χ0n) is 17.6. The summed E-state index contributed by atoms with van der Waals surface area (Å²) in [6.07, 6.45) is 1.72. The highest BCUT2D eigenvalue weighted by atomic mass is 32.1. The molecule has 0 atom stereocenters. The number of aromatic amines is 1. The summed E-state index contributed by atoms with van der Waals surface area (Å²) in [7, 11) is 0. The Labute approximate surface area is 163 Å². The Morgan fingerprint density at radius 1 is 0.769 bits per heavy atom. The number of H-pyrrole nitrogens is 1. The summed E-state index contributed by atoms with van der Waals surface area (Å²) >= 11 is 1.81. The standard InChI is InChI=1S/C9H8S.C8H8N2.3C2H6/c1-7-6-10-9-5-3-2-4-8(7)9;1-6-3-2-4-7-8(6)10-5-9-7;3*1-2/h2-6H,1H3;2-5H,1H3,(H,9,10);3*1-2H3. The molecule has 4 aromatic rings. The van der Waals surface area contributed by atoms with Gasteiger partial charge in [-0.25, -0.2) is 4.98 Å². The van der Waals surface area contributed by atoms with Gasteiger partial charge < -0.3 is 4.98 Å². The maximum Gasteiger partial charge on any atom is 0.0931 e. The van der Waals surface area contributed by atoms with E-state index in [0.717, 1.165) is 11.0 Å². The summed E-state index contributed by atoms with van der Waals surface area (Å²) in [5.41, 5.74) is 4.79. The highest BCUT2D eigenvalue weighted by Gasteiger charge is 1.96. The fraction of sp³-hybridized carbons (Fsp3) is 0.348. The van der Waals surface area contributed by atoms with Crippen LogP contribution >= 0.6 is 11.3 Å². The summed E-state index contributed by atoms with van der Waals surface area (Å²) in [5, 5.41) is 3.59. The van der Waals surface area contributed by atoms with E-state index < -0.39 is 0 Å². The molecule has 4 rings (SSSR count). The second-order valence-corrected chi connectivity index (χ2v) is 5.70. The second kappa shape index (κ2) is 14.1. The van der Waals surface area contributed by atoms with Gasteiger partial charge in [0.1, 0.15) is 0 Å². The number of imidazole rings is 1. The summed E-state index contributed by atoms with van der Waals surface area (Å²) in [6, 6.07) is 14.6. The molecule has 26 heavy (non-hydrogen) atoms. The summed E-state index contributed by atoms with van der Waals surface area (Å²) in [6.45, 7) is 16.2. The second-order valence-electron chi connectivity index (χ2n) is 4.79. The van der Waals surface area contributed by atoms with Crippen LogP contribution < -0.4 is 0 Å². The number of nitrogens with one attached hydrogen (secondary N) is 1. The third-order valence-electron chi connectivity index (χ3n) is 3.33. The highest BCUT2D eigenvalue weighted by Crippen LogP contribution is 2.24. The lowest BCUT2D eigenvalue weighted by atomic mass is 10.2. The molecule has 0 aliphatic rings. The lowest BCUT2D eigenvalue weighted by Gasteiger charge is -1.90. The molecular weight excluding hydrogens is 336 g/mol. The van der Waals surface area contributed by atoms with E-state index in [1.807, 2.05) is 65.0 Å². The molecule has 0 unspecified atom stereocenters. The van der Waals surface area contributed by atoms with Gasteiger partial charge in [-0.2, -0.15) is 0 Å². The Morgan fingerprint density at radius 2 is 1.42 bits per heavy atom. The Bertz CT molecular complexity index is 837. The molecule has 1 N–H and O–H groups in total. The maximum atomic E-state index is 4.16. The average molecular weight is 371 g/mol. The molecule has 0 spiro atoms. The van der Waals surface area contributed by atoms with Crippen molar-refractivity contribution in [3.05, 3.63) is 65.3 Å². The number of aryl methyl sites for hydroxylation is 2. The van der Waals surface area contributed by atoms with E-state index in [1.165, 1.54) is 21.2 Å². The zero-order valence-corrected chi connectivity index (χ0v) is 18.4. The van der Waals surface area contributed by atoms with Crippen molar-refractivity contribution in [1.29, 1.82) is 0 Å². The molecule has 142 valence electrons. The lowest BCUT2D eigenvalue weighted by molar-refractivity contribution is 1.34. The van der Waals surface area contributed by atoms with Crippen LogP contribution in [0.2, 0.25) is 0 Å². The number of hydrogen-bond acceptors (Lipinski definition) is 2. The van der Waals surface area contributed by atoms with Crippen LogP contribution in [0.1, 0.15) is 52.7 Å². The molecule has 0 radical (unpaired) electrons. The Hall–Kier alpha value is -2.13. The first-order chi connectivity index (χ1) is 12.8. The Balaban J connectivity index is 0.000000375. The van der Waals surface area contributed by atoms with E-state index in [2.05, 4.69) is 59.5 Å². The third-order valence-corrected chi connectivity index (χ3v) is 4.41. The smallest absolute Gasteiger partial charge is 0.0931 e. The molecule has 0 aliphatic heterocycles. The normalized spacial score (nSPS) is 8.77. The van der Waals surface area contributed by atoms with E-state index in [1.54, 1.807) is 6.33 Å². The Morgan fingerprint density at radius 3 is 2.04 bits per heavy atom. The third kappa shape index (κ3) is 6.64. The Kier molecular flexibility index (Phi) is 12.9. The van der Waals surface area contributed by atoms with Gasteiger partial charge in [0.2, 0.25) is 0 Å². The first-order valence-corrected chi connectivity index (χ1v) is 10.5. The molecule has 2 nitrogen and oxygen atoms in total. The molecule has 0 bridgehead atoms. The summed E-state index contributed by atoms with van der Waals surface area (Å²) in [5.74, 6) is 0. The molecule has 0 amide bonds. The summed E-state index contributed by atoms with van der Waals surface area (Å²) in [4.78, 5) is 7.21. The number of thiophene rings is 1. The number of fused-ring (bicyclic) bond motifs is 2. The topological polar surface area (TPSA) is 28.7 Å². The van der Waals surface area contributed by atoms with E-state index in [9.17, 15) is 0 Å². The molecule has 0 saturated heterocycles. The van der Waals surface area contributed by atoms with Gasteiger partial charge in [-0.05, 0) is 47.9 Å². The van der Waals surface area contributed by atoms with Crippen molar-refractivity contribution in [1.82, 2.24) is 9.97 Å². The first-order valence-electron chi connectivity index (χ1n) is 9.57. The van der Waals surface area contributed by atoms with Crippen LogP contribution in [-0.2, 0) is 0 Å². The number of para-hydroxylation sites is 1. The number of nitrogens with zero attached hydrogens (tertiary/aromatic N) is 1. The molecule has 2 aromatic heterocycles. The van der Waals surface area contributed by atoms with Crippen molar-refractivity contribution in [3.63, 3.8) is 0 Å². The van der Waals surface area contributed by atoms with Crippen LogP contribution in [0, 0.1) is 13.8 Å². The van der Waals surface area contributed by atoms with Gasteiger partial charge in [0, 0.05) is 4.70 Å². The number of benzene rings is 2. The molecule has 0 fully saturated rings. The summed E-state index contributed by atoms with van der Waals surface area (Å²) < 4.78 is 1.39. The zero-order chi connectivity index (χ0) is 19.9. The number of aromatic nitrogens is 2. The van der Waals surface area contributed by atoms with Crippen molar-refractivity contribution >= 4 is 32.5 Å². The molecule has 0 saturated carbocycles. The predicted octanol–water partition coefficient (Wildman–Crippen LogP) is 8.16. The molecular formula is C23H34N2S. The van der Waals surface area contributed by atoms with E-state index >= 15 is 0 Å². The monoisotopic (exact) mass is 370 g/mol. The van der Waals surface area contributed by atoms with Crippen LogP contribution in [0.25, 0.3) is 21.1 Å². The average Bonchev–Trinajstić information content (AvgIpc) is 3.35. The maximum absolute atomic E-state index is 4.16. The minimum absolute atomic E-state index is 1.07. The fourth-order valence-corrected chi connectivity index (χ4v) is 3.17. The van der Waals surface area contributed by atoms with E-state index in [-0.39, 0.29) is 0 Å². The quantitative estimate of drug-likeness (QED) is 0.332. The van der Waals surface area contributed by atoms with Gasteiger partial charge in [-0.15, -0.1) is 11.3 Å². The van der Waals surface area contributed by atoms with Crippen LogP contribution in [0.4, 0.5) is 0 Å². The van der Waals surface area contributed by atoms with E-state index in [4.69, 9.17) is 0 Å². The molecule has 3 heteroatoms. The van der Waals surface area contributed by atoms with Gasteiger partial charge >= 0.3 is 0 Å². The van der Waals surface area contributed by atoms with Gasteiger partial charge in [-0.1, -0.05) is 71.9 Å².